The molecular formula is C23H26FN3O4S. The first-order valence-electron chi connectivity index (χ1n) is 10.7. The lowest BCUT2D eigenvalue weighted by atomic mass is 10.0. The van der Waals surface area contributed by atoms with E-state index in [2.05, 4.69) is 12.2 Å². The second-order valence-electron chi connectivity index (χ2n) is 8.48. The highest BCUT2D eigenvalue weighted by Gasteiger charge is 2.35. The first-order chi connectivity index (χ1) is 15.2. The van der Waals surface area contributed by atoms with Crippen molar-refractivity contribution in [3.05, 3.63) is 54.3 Å². The van der Waals surface area contributed by atoms with Crippen LogP contribution in [0.1, 0.15) is 26.2 Å². The Labute approximate surface area is 187 Å². The highest BCUT2D eigenvalue weighted by atomic mass is 32.2. The van der Waals surface area contributed by atoms with Gasteiger partial charge in [0.2, 0.25) is 21.8 Å². The Hall–Kier alpha value is -2.78. The number of hydrogen-bond acceptors (Lipinski definition) is 4. The molecule has 2 saturated heterocycles. The normalized spacial score (nSPS) is 20.5. The SMILES string of the molecule is CC1CCN(S(=O)(=O)c2ccc(NC(=O)[C@@H]3CC(=O)N(c4ccc(F)cc4)C3)cc2)CC1. The molecule has 0 unspecified atom stereocenters. The van der Waals surface area contributed by atoms with Gasteiger partial charge in [-0.15, -0.1) is 0 Å². The number of nitrogens with one attached hydrogen (secondary N) is 1. The Balaban J connectivity index is 1.39. The largest absolute Gasteiger partial charge is 0.326 e. The van der Waals surface area contributed by atoms with Gasteiger partial charge in [0.15, 0.2) is 0 Å². The fraction of sp³-hybridized carbons (Fsp3) is 0.391. The van der Waals surface area contributed by atoms with E-state index in [0.717, 1.165) is 12.8 Å². The minimum atomic E-state index is -3.55. The Morgan fingerprint density at radius 2 is 1.66 bits per heavy atom. The standard InChI is InChI=1S/C23H26FN3O4S/c1-16-10-12-26(13-11-16)32(30,31)21-8-4-19(5-9-21)25-23(29)17-14-22(28)27(15-17)20-6-2-18(24)3-7-20/h2-9,16-17H,10-15H2,1H3,(H,25,29)/t17-/m1/s1. The Morgan fingerprint density at radius 3 is 2.28 bits per heavy atom. The maximum absolute atomic E-state index is 13.1. The lowest BCUT2D eigenvalue weighted by Crippen LogP contribution is -2.37. The summed E-state index contributed by atoms with van der Waals surface area (Å²) in [5, 5.41) is 2.76. The molecule has 2 fully saturated rings. The van der Waals surface area contributed by atoms with E-state index < -0.39 is 21.8 Å². The summed E-state index contributed by atoms with van der Waals surface area (Å²) in [4.78, 5) is 26.7. The van der Waals surface area contributed by atoms with Crippen molar-refractivity contribution in [1.82, 2.24) is 4.31 Å². The van der Waals surface area contributed by atoms with Gasteiger partial charge in [0.1, 0.15) is 5.82 Å². The highest BCUT2D eigenvalue weighted by molar-refractivity contribution is 7.89. The van der Waals surface area contributed by atoms with Crippen LogP contribution in [0.3, 0.4) is 0 Å². The van der Waals surface area contributed by atoms with Crippen LogP contribution in [-0.4, -0.2) is 44.2 Å². The number of halogens is 1. The summed E-state index contributed by atoms with van der Waals surface area (Å²) in [6.45, 7) is 3.36. The first kappa shape index (κ1) is 22.4. The number of nitrogens with zero attached hydrogens (tertiary/aromatic N) is 2. The zero-order chi connectivity index (χ0) is 22.9. The molecule has 1 N–H and O–H groups in total. The smallest absolute Gasteiger partial charge is 0.243 e. The van der Waals surface area contributed by atoms with Gasteiger partial charge in [-0.1, -0.05) is 6.92 Å². The second kappa shape index (κ2) is 8.99. The van der Waals surface area contributed by atoms with Crippen molar-refractivity contribution in [1.29, 1.82) is 0 Å². The molecule has 0 spiro atoms. The van der Waals surface area contributed by atoms with Crippen LogP contribution in [0.2, 0.25) is 0 Å². The number of carbonyl (C=O) groups excluding carboxylic acids is 2. The molecule has 2 aliphatic rings. The summed E-state index contributed by atoms with van der Waals surface area (Å²) in [5.41, 5.74) is 1.02. The van der Waals surface area contributed by atoms with Gasteiger partial charge in [-0.2, -0.15) is 4.31 Å². The summed E-state index contributed by atoms with van der Waals surface area (Å²) in [5.74, 6) is -0.931. The van der Waals surface area contributed by atoms with Crippen LogP contribution in [-0.2, 0) is 19.6 Å². The molecule has 0 bridgehead atoms. The summed E-state index contributed by atoms with van der Waals surface area (Å²) in [7, 11) is -3.55. The molecule has 0 saturated carbocycles. The van der Waals surface area contributed by atoms with Crippen LogP contribution < -0.4 is 10.2 Å². The van der Waals surface area contributed by atoms with Gasteiger partial charge >= 0.3 is 0 Å². The molecule has 32 heavy (non-hydrogen) atoms. The molecule has 2 heterocycles. The predicted octanol–water partition coefficient (Wildman–Crippen LogP) is 3.24. The summed E-state index contributed by atoms with van der Waals surface area (Å²) in [6, 6.07) is 11.7. The molecule has 9 heteroatoms. The van der Waals surface area contributed by atoms with Crippen molar-refractivity contribution in [3.63, 3.8) is 0 Å². The average Bonchev–Trinajstić information content (AvgIpc) is 3.17. The lowest BCUT2D eigenvalue weighted by molar-refractivity contribution is -0.122. The summed E-state index contributed by atoms with van der Waals surface area (Å²) in [6.07, 6.45) is 1.76. The van der Waals surface area contributed by atoms with E-state index in [4.69, 9.17) is 0 Å². The van der Waals surface area contributed by atoms with E-state index in [-0.39, 0.29) is 29.7 Å². The van der Waals surface area contributed by atoms with Gasteiger partial charge in [0.25, 0.3) is 0 Å². The molecule has 2 aromatic carbocycles. The van der Waals surface area contributed by atoms with E-state index in [0.29, 0.717) is 30.4 Å². The van der Waals surface area contributed by atoms with Crippen LogP contribution >= 0.6 is 0 Å². The molecule has 7 nitrogen and oxygen atoms in total. The van der Waals surface area contributed by atoms with E-state index in [1.54, 1.807) is 12.1 Å². The Morgan fingerprint density at radius 1 is 1.03 bits per heavy atom. The van der Waals surface area contributed by atoms with Crippen molar-refractivity contribution in [3.8, 4) is 0 Å². The Kier molecular flexibility index (Phi) is 6.30. The molecule has 0 aromatic heterocycles. The second-order valence-corrected chi connectivity index (χ2v) is 10.4. The fourth-order valence-electron chi connectivity index (χ4n) is 4.08. The molecule has 1 atom stereocenters. The third-order valence-electron chi connectivity index (χ3n) is 6.14. The van der Waals surface area contributed by atoms with Crippen LogP contribution in [0.15, 0.2) is 53.4 Å². The molecule has 0 aliphatic carbocycles. The third-order valence-corrected chi connectivity index (χ3v) is 8.05. The first-order valence-corrected chi connectivity index (χ1v) is 12.1. The van der Waals surface area contributed by atoms with Crippen molar-refractivity contribution in [2.45, 2.75) is 31.1 Å². The van der Waals surface area contributed by atoms with Gasteiger partial charge in [-0.05, 0) is 67.3 Å². The van der Waals surface area contributed by atoms with E-state index in [1.165, 1.54) is 45.6 Å². The van der Waals surface area contributed by atoms with E-state index in [1.807, 2.05) is 0 Å². The predicted molar refractivity (Wildman–Crippen MR) is 119 cm³/mol. The van der Waals surface area contributed by atoms with E-state index in [9.17, 15) is 22.4 Å². The van der Waals surface area contributed by atoms with Gasteiger partial charge in [0, 0.05) is 37.4 Å². The summed E-state index contributed by atoms with van der Waals surface area (Å²) >= 11 is 0. The number of piperidine rings is 1. The quantitative estimate of drug-likeness (QED) is 0.744. The van der Waals surface area contributed by atoms with E-state index >= 15 is 0 Å². The Bertz CT molecular complexity index is 1100. The number of hydrogen-bond donors (Lipinski definition) is 1. The van der Waals surface area contributed by atoms with Gasteiger partial charge in [-0.3, -0.25) is 9.59 Å². The van der Waals surface area contributed by atoms with Crippen LogP contribution in [0, 0.1) is 17.7 Å². The van der Waals surface area contributed by atoms with Crippen molar-refractivity contribution in [2.24, 2.45) is 11.8 Å². The third kappa shape index (κ3) is 4.68. The highest BCUT2D eigenvalue weighted by Crippen LogP contribution is 2.27. The zero-order valence-corrected chi connectivity index (χ0v) is 18.6. The molecule has 2 aliphatic heterocycles. The zero-order valence-electron chi connectivity index (χ0n) is 17.8. The molecule has 0 radical (unpaired) electrons. The number of rotatable bonds is 5. The minimum Gasteiger partial charge on any atom is -0.326 e. The topological polar surface area (TPSA) is 86.8 Å². The number of carbonyl (C=O) groups is 2. The van der Waals surface area contributed by atoms with Crippen LogP contribution in [0.5, 0.6) is 0 Å². The minimum absolute atomic E-state index is 0.0586. The monoisotopic (exact) mass is 459 g/mol. The fourth-order valence-corrected chi connectivity index (χ4v) is 5.55. The van der Waals surface area contributed by atoms with Gasteiger partial charge in [-0.25, -0.2) is 12.8 Å². The van der Waals surface area contributed by atoms with Gasteiger partial charge in [0.05, 0.1) is 10.8 Å². The number of anilines is 2. The maximum atomic E-state index is 13.1. The molecular weight excluding hydrogens is 433 g/mol. The number of sulfonamides is 1. The lowest BCUT2D eigenvalue weighted by Gasteiger charge is -2.29. The van der Waals surface area contributed by atoms with Crippen molar-refractivity contribution in [2.75, 3.05) is 29.9 Å². The average molecular weight is 460 g/mol. The molecule has 2 amide bonds. The van der Waals surface area contributed by atoms with Crippen LogP contribution in [0.25, 0.3) is 0 Å². The van der Waals surface area contributed by atoms with Crippen molar-refractivity contribution < 1.29 is 22.4 Å². The molecule has 4 rings (SSSR count). The van der Waals surface area contributed by atoms with Gasteiger partial charge < -0.3 is 10.2 Å². The molecule has 170 valence electrons. The molecule has 2 aromatic rings. The maximum Gasteiger partial charge on any atom is 0.243 e. The van der Waals surface area contributed by atoms with Crippen LogP contribution in [0.4, 0.5) is 15.8 Å². The number of amides is 2. The summed E-state index contributed by atoms with van der Waals surface area (Å²) < 4.78 is 40.3. The van der Waals surface area contributed by atoms with Crippen molar-refractivity contribution >= 4 is 33.2 Å². The number of benzene rings is 2.